The third kappa shape index (κ3) is 1.06. The molecule has 1 aromatic carbocycles. The highest BCUT2D eigenvalue weighted by molar-refractivity contribution is 6.31. The second-order valence-electron chi connectivity index (χ2n) is 5.36. The first kappa shape index (κ1) is 10.2. The van der Waals surface area contributed by atoms with Crippen LogP contribution in [-0.4, -0.2) is 11.1 Å². The first-order chi connectivity index (χ1) is 7.47. The lowest BCUT2D eigenvalue weighted by Crippen LogP contribution is -2.67. The molecule has 4 rings (SSSR count). The fourth-order valence-corrected chi connectivity index (χ4v) is 3.42. The van der Waals surface area contributed by atoms with E-state index < -0.39 is 11.4 Å². The van der Waals surface area contributed by atoms with Gasteiger partial charge in [0.25, 0.3) is 0 Å². The minimum absolute atomic E-state index is 0.121. The van der Waals surface area contributed by atoms with Crippen molar-refractivity contribution in [2.24, 2.45) is 5.41 Å². The van der Waals surface area contributed by atoms with Crippen molar-refractivity contribution in [1.82, 2.24) is 0 Å². The van der Waals surface area contributed by atoms with E-state index in [1.807, 2.05) is 19.1 Å². The Kier molecular flexibility index (Phi) is 1.78. The molecule has 3 heteroatoms. The van der Waals surface area contributed by atoms with E-state index in [0.717, 1.165) is 29.8 Å². The van der Waals surface area contributed by atoms with Crippen LogP contribution in [0.5, 0.6) is 0 Å². The van der Waals surface area contributed by atoms with E-state index in [1.54, 1.807) is 0 Å². The van der Waals surface area contributed by atoms with Gasteiger partial charge in [-0.2, -0.15) is 0 Å². The zero-order chi connectivity index (χ0) is 11.6. The quantitative estimate of drug-likeness (QED) is 0.857. The summed E-state index contributed by atoms with van der Waals surface area (Å²) in [7, 11) is 0. The zero-order valence-corrected chi connectivity index (χ0v) is 9.84. The molecule has 3 aliphatic rings. The van der Waals surface area contributed by atoms with Crippen LogP contribution in [-0.2, 0) is 10.2 Å². The van der Waals surface area contributed by atoms with Gasteiger partial charge in [-0.05, 0) is 48.8 Å². The molecule has 0 amide bonds. The van der Waals surface area contributed by atoms with Gasteiger partial charge >= 0.3 is 5.97 Å². The highest BCUT2D eigenvalue weighted by atomic mass is 35.5. The Balaban J connectivity index is 1.87. The number of halogens is 1. The lowest BCUT2D eigenvalue weighted by atomic mass is 9.33. The summed E-state index contributed by atoms with van der Waals surface area (Å²) in [6.45, 7) is 1.98. The molecule has 3 aliphatic carbocycles. The van der Waals surface area contributed by atoms with Crippen LogP contribution >= 0.6 is 11.6 Å². The summed E-state index contributed by atoms with van der Waals surface area (Å²) in [4.78, 5) is 11.0. The molecule has 0 spiro atoms. The van der Waals surface area contributed by atoms with E-state index in [9.17, 15) is 4.79 Å². The molecule has 3 saturated carbocycles. The van der Waals surface area contributed by atoms with Crippen molar-refractivity contribution in [3.05, 3.63) is 34.3 Å². The second-order valence-corrected chi connectivity index (χ2v) is 5.77. The molecule has 2 nitrogen and oxygen atoms in total. The van der Waals surface area contributed by atoms with E-state index in [0.29, 0.717) is 0 Å². The van der Waals surface area contributed by atoms with Crippen LogP contribution < -0.4 is 0 Å². The van der Waals surface area contributed by atoms with Crippen molar-refractivity contribution in [3.63, 3.8) is 0 Å². The number of hydrogen-bond donors (Lipinski definition) is 1. The number of carboxylic acid groups (broad SMARTS) is 1. The fourth-order valence-electron chi connectivity index (χ4n) is 3.24. The first-order valence-electron chi connectivity index (χ1n) is 5.48. The van der Waals surface area contributed by atoms with Crippen molar-refractivity contribution in [3.8, 4) is 0 Å². The molecular weight excluding hydrogens is 224 g/mol. The normalized spacial score (nSPS) is 35.1. The molecule has 0 saturated heterocycles. The van der Waals surface area contributed by atoms with Gasteiger partial charge in [0.15, 0.2) is 0 Å². The van der Waals surface area contributed by atoms with E-state index in [-0.39, 0.29) is 5.41 Å². The fraction of sp³-hybridized carbons (Fsp3) is 0.462. The highest BCUT2D eigenvalue weighted by Crippen LogP contribution is 2.73. The molecule has 1 aromatic rings. The van der Waals surface area contributed by atoms with E-state index in [2.05, 4.69) is 6.07 Å². The van der Waals surface area contributed by atoms with Crippen LogP contribution in [0.2, 0.25) is 5.02 Å². The minimum atomic E-state index is -0.632. The van der Waals surface area contributed by atoms with Crippen molar-refractivity contribution >= 4 is 17.6 Å². The molecule has 0 aliphatic heterocycles. The maximum atomic E-state index is 11.0. The lowest BCUT2D eigenvalue weighted by molar-refractivity contribution is -0.194. The Morgan fingerprint density at radius 3 is 2.50 bits per heavy atom. The summed E-state index contributed by atoms with van der Waals surface area (Å²) in [6.07, 6.45) is 2.36. The summed E-state index contributed by atoms with van der Waals surface area (Å²) in [6, 6.07) is 6.11. The second kappa shape index (κ2) is 2.80. The Morgan fingerprint density at radius 1 is 1.38 bits per heavy atom. The monoisotopic (exact) mass is 236 g/mol. The van der Waals surface area contributed by atoms with Crippen LogP contribution in [0, 0.1) is 12.3 Å². The average Bonchev–Trinajstić information content (AvgIpc) is 2.05. The van der Waals surface area contributed by atoms with Crippen molar-refractivity contribution in [2.45, 2.75) is 31.6 Å². The Bertz CT molecular complexity index is 473. The number of aryl methyl sites for hydroxylation is 1. The maximum absolute atomic E-state index is 11.0. The molecule has 3 fully saturated rings. The molecule has 0 heterocycles. The standard InChI is InChI=1S/C13H13ClO2/c1-8-2-3-9(4-10(8)14)12-5-13(6-12,7-12)11(15)16/h2-4H,5-7H2,1H3,(H,15,16). The maximum Gasteiger partial charge on any atom is 0.309 e. The summed E-state index contributed by atoms with van der Waals surface area (Å²) in [5, 5.41) is 9.85. The first-order valence-corrected chi connectivity index (χ1v) is 5.85. The summed E-state index contributed by atoms with van der Waals surface area (Å²) < 4.78 is 0. The van der Waals surface area contributed by atoms with Gasteiger partial charge in [0.2, 0.25) is 0 Å². The number of aliphatic carboxylic acids is 1. The number of hydrogen-bond acceptors (Lipinski definition) is 1. The zero-order valence-electron chi connectivity index (χ0n) is 9.09. The third-order valence-corrected chi connectivity index (χ3v) is 4.68. The molecule has 0 unspecified atom stereocenters. The van der Waals surface area contributed by atoms with E-state index in [4.69, 9.17) is 16.7 Å². The molecule has 2 bridgehead atoms. The average molecular weight is 237 g/mol. The SMILES string of the molecule is Cc1ccc(C23CC(C(=O)O)(C2)C3)cc1Cl. The number of carboxylic acids is 1. The van der Waals surface area contributed by atoms with Gasteiger partial charge in [0.05, 0.1) is 5.41 Å². The van der Waals surface area contributed by atoms with Gasteiger partial charge in [0.1, 0.15) is 0 Å². The van der Waals surface area contributed by atoms with Gasteiger partial charge in [-0.3, -0.25) is 4.79 Å². The van der Waals surface area contributed by atoms with Gasteiger partial charge < -0.3 is 5.11 Å². The Morgan fingerprint density at radius 2 is 2.00 bits per heavy atom. The van der Waals surface area contributed by atoms with Crippen LogP contribution in [0.3, 0.4) is 0 Å². The molecule has 84 valence electrons. The summed E-state index contributed by atoms with van der Waals surface area (Å²) >= 11 is 6.10. The van der Waals surface area contributed by atoms with Crippen molar-refractivity contribution in [2.75, 3.05) is 0 Å². The van der Waals surface area contributed by atoms with Crippen molar-refractivity contribution < 1.29 is 9.90 Å². The summed E-state index contributed by atoms with van der Waals surface area (Å²) in [5.74, 6) is -0.632. The summed E-state index contributed by atoms with van der Waals surface area (Å²) in [5.41, 5.74) is 2.00. The molecule has 1 N–H and O–H groups in total. The largest absolute Gasteiger partial charge is 0.481 e. The van der Waals surface area contributed by atoms with E-state index >= 15 is 0 Å². The topological polar surface area (TPSA) is 37.3 Å². The van der Waals surface area contributed by atoms with Crippen LogP contribution in [0.4, 0.5) is 0 Å². The Hall–Kier alpha value is -1.02. The highest BCUT2D eigenvalue weighted by Gasteiger charge is 2.72. The van der Waals surface area contributed by atoms with Crippen LogP contribution in [0.1, 0.15) is 30.4 Å². The molecular formula is C13H13ClO2. The van der Waals surface area contributed by atoms with Gasteiger partial charge in [-0.25, -0.2) is 0 Å². The number of carbonyl (C=O) groups is 1. The van der Waals surface area contributed by atoms with Gasteiger partial charge in [-0.1, -0.05) is 23.7 Å². The molecule has 0 atom stereocenters. The van der Waals surface area contributed by atoms with E-state index in [1.165, 1.54) is 5.56 Å². The number of rotatable bonds is 2. The molecule has 0 radical (unpaired) electrons. The molecule has 0 aromatic heterocycles. The van der Waals surface area contributed by atoms with Crippen molar-refractivity contribution in [1.29, 1.82) is 0 Å². The van der Waals surface area contributed by atoms with Crippen LogP contribution in [0.15, 0.2) is 18.2 Å². The smallest absolute Gasteiger partial charge is 0.309 e. The Labute approximate surface area is 99.2 Å². The van der Waals surface area contributed by atoms with Gasteiger partial charge in [0, 0.05) is 5.02 Å². The predicted molar refractivity (Wildman–Crippen MR) is 61.8 cm³/mol. The number of benzene rings is 1. The van der Waals surface area contributed by atoms with Crippen LogP contribution in [0.25, 0.3) is 0 Å². The lowest BCUT2D eigenvalue weighted by Gasteiger charge is -2.68. The van der Waals surface area contributed by atoms with Gasteiger partial charge in [-0.15, -0.1) is 0 Å². The minimum Gasteiger partial charge on any atom is -0.481 e. The molecule has 16 heavy (non-hydrogen) atoms. The third-order valence-electron chi connectivity index (χ3n) is 4.27. The predicted octanol–water partition coefficient (Wildman–Crippen LogP) is 3.15.